The van der Waals surface area contributed by atoms with Gasteiger partial charge in [0.15, 0.2) is 0 Å². The zero-order valence-corrected chi connectivity index (χ0v) is 12.5. The first-order valence-corrected chi connectivity index (χ1v) is 7.09. The Hall–Kier alpha value is -1.23. The van der Waals surface area contributed by atoms with Crippen molar-refractivity contribution in [1.29, 1.82) is 0 Å². The van der Waals surface area contributed by atoms with Crippen molar-refractivity contribution in [1.82, 2.24) is 10.4 Å². The number of nitrogens with zero attached hydrogens (tertiary/aromatic N) is 1. The van der Waals surface area contributed by atoms with Crippen LogP contribution in [0.4, 0.5) is 0 Å². The maximum Gasteiger partial charge on any atom is 0.0420 e. The second-order valence-corrected chi connectivity index (χ2v) is 5.58. The summed E-state index contributed by atoms with van der Waals surface area (Å²) in [5.41, 5.74) is 6.55. The van der Waals surface area contributed by atoms with Gasteiger partial charge in [-0.25, -0.2) is 0 Å². The molecule has 2 aromatic rings. The maximum atomic E-state index is 5.66. The minimum atomic E-state index is 0.190. The van der Waals surface area contributed by atoms with Crippen molar-refractivity contribution in [2.75, 3.05) is 0 Å². The summed E-state index contributed by atoms with van der Waals surface area (Å²) in [6, 6.07) is 12.6. The van der Waals surface area contributed by atoms with E-state index in [2.05, 4.69) is 57.5 Å². The van der Waals surface area contributed by atoms with Crippen LogP contribution < -0.4 is 11.3 Å². The minimum Gasteiger partial charge on any atom is -0.271 e. The number of aryl methyl sites for hydroxylation is 1. The zero-order valence-electron chi connectivity index (χ0n) is 10.9. The van der Waals surface area contributed by atoms with Crippen LogP contribution >= 0.6 is 15.9 Å². The normalized spacial score (nSPS) is 12.4. The fraction of sp³-hybridized carbons (Fsp3) is 0.267. The number of halogens is 1. The van der Waals surface area contributed by atoms with Gasteiger partial charge < -0.3 is 0 Å². The second kappa shape index (κ2) is 6.80. The topological polar surface area (TPSA) is 50.9 Å². The maximum absolute atomic E-state index is 5.66. The predicted octanol–water partition coefficient (Wildman–Crippen LogP) is 2.77. The molecule has 1 aromatic heterocycles. The van der Waals surface area contributed by atoms with Crippen LogP contribution in [0.3, 0.4) is 0 Å². The lowest BCUT2D eigenvalue weighted by atomic mass is 9.98. The van der Waals surface area contributed by atoms with Crippen LogP contribution in [0.5, 0.6) is 0 Å². The van der Waals surface area contributed by atoms with Crippen molar-refractivity contribution in [2.45, 2.75) is 25.8 Å². The first-order valence-electron chi connectivity index (χ1n) is 6.30. The van der Waals surface area contributed by atoms with Crippen molar-refractivity contribution in [3.63, 3.8) is 0 Å². The van der Waals surface area contributed by atoms with Crippen LogP contribution in [0.1, 0.15) is 16.8 Å². The van der Waals surface area contributed by atoms with Gasteiger partial charge in [-0.3, -0.25) is 16.3 Å². The van der Waals surface area contributed by atoms with E-state index < -0.39 is 0 Å². The highest BCUT2D eigenvalue weighted by Gasteiger charge is 2.11. The standard InChI is InChI=1S/C15H18BrN3/c1-11-4-2-3-5-12(11)8-15(19-17)9-14-7-6-13(16)10-18-14/h2-7,10,15,19H,8-9,17H2,1H3. The molecule has 0 saturated carbocycles. The Balaban J connectivity index is 2.05. The molecule has 0 radical (unpaired) electrons. The van der Waals surface area contributed by atoms with Crippen molar-refractivity contribution in [3.8, 4) is 0 Å². The molecule has 1 atom stereocenters. The highest BCUT2D eigenvalue weighted by atomic mass is 79.9. The van der Waals surface area contributed by atoms with Crippen LogP contribution in [0, 0.1) is 6.92 Å². The second-order valence-electron chi connectivity index (χ2n) is 4.67. The molecule has 0 aliphatic heterocycles. The Morgan fingerprint density at radius 3 is 2.63 bits per heavy atom. The van der Waals surface area contributed by atoms with Gasteiger partial charge in [-0.15, -0.1) is 0 Å². The molecular weight excluding hydrogens is 302 g/mol. The van der Waals surface area contributed by atoms with Gasteiger partial charge in [-0.05, 0) is 52.5 Å². The van der Waals surface area contributed by atoms with Crippen LogP contribution in [0.2, 0.25) is 0 Å². The van der Waals surface area contributed by atoms with E-state index >= 15 is 0 Å². The molecule has 1 heterocycles. The summed E-state index contributed by atoms with van der Waals surface area (Å²) in [6.45, 7) is 2.13. The quantitative estimate of drug-likeness (QED) is 0.658. The smallest absolute Gasteiger partial charge is 0.0420 e. The molecule has 0 spiro atoms. The van der Waals surface area contributed by atoms with Crippen LogP contribution in [0.25, 0.3) is 0 Å². The number of aromatic nitrogens is 1. The van der Waals surface area contributed by atoms with Gasteiger partial charge in [-0.1, -0.05) is 24.3 Å². The SMILES string of the molecule is Cc1ccccc1CC(Cc1ccc(Br)cn1)NN. The monoisotopic (exact) mass is 319 g/mol. The molecule has 1 unspecified atom stereocenters. The van der Waals surface area contributed by atoms with E-state index in [9.17, 15) is 0 Å². The Morgan fingerprint density at radius 1 is 1.21 bits per heavy atom. The summed E-state index contributed by atoms with van der Waals surface area (Å²) in [5.74, 6) is 5.66. The summed E-state index contributed by atoms with van der Waals surface area (Å²) < 4.78 is 0.993. The number of pyridine rings is 1. The Kier molecular flexibility index (Phi) is 5.07. The van der Waals surface area contributed by atoms with E-state index in [0.717, 1.165) is 23.0 Å². The molecular formula is C15H18BrN3. The van der Waals surface area contributed by atoms with Gasteiger partial charge in [0.2, 0.25) is 0 Å². The Morgan fingerprint density at radius 2 is 2.00 bits per heavy atom. The van der Waals surface area contributed by atoms with Crippen molar-refractivity contribution < 1.29 is 0 Å². The third-order valence-corrected chi connectivity index (χ3v) is 3.68. The first-order chi connectivity index (χ1) is 9.19. The average molecular weight is 320 g/mol. The van der Waals surface area contributed by atoms with E-state index in [-0.39, 0.29) is 6.04 Å². The van der Waals surface area contributed by atoms with E-state index in [1.165, 1.54) is 11.1 Å². The van der Waals surface area contributed by atoms with Crippen LogP contribution in [-0.2, 0) is 12.8 Å². The fourth-order valence-electron chi connectivity index (χ4n) is 2.07. The molecule has 0 aliphatic rings. The minimum absolute atomic E-state index is 0.190. The zero-order chi connectivity index (χ0) is 13.7. The summed E-state index contributed by atoms with van der Waals surface area (Å²) in [5, 5.41) is 0. The van der Waals surface area contributed by atoms with Gasteiger partial charge in [0, 0.05) is 28.8 Å². The lowest BCUT2D eigenvalue weighted by molar-refractivity contribution is 0.516. The lowest BCUT2D eigenvalue weighted by Gasteiger charge is -2.16. The molecule has 2 rings (SSSR count). The molecule has 3 N–H and O–H groups in total. The summed E-state index contributed by atoms with van der Waals surface area (Å²) in [4.78, 5) is 4.39. The number of rotatable bonds is 5. The highest BCUT2D eigenvalue weighted by molar-refractivity contribution is 9.10. The molecule has 0 amide bonds. The van der Waals surface area contributed by atoms with E-state index in [1.807, 2.05) is 18.3 Å². The lowest BCUT2D eigenvalue weighted by Crippen LogP contribution is -2.38. The summed E-state index contributed by atoms with van der Waals surface area (Å²) >= 11 is 3.39. The van der Waals surface area contributed by atoms with Gasteiger partial charge in [-0.2, -0.15) is 0 Å². The number of hydrogen-bond donors (Lipinski definition) is 2. The van der Waals surface area contributed by atoms with E-state index in [0.29, 0.717) is 0 Å². The number of benzene rings is 1. The summed E-state index contributed by atoms with van der Waals surface area (Å²) in [6.07, 6.45) is 3.54. The van der Waals surface area contributed by atoms with Crippen LogP contribution in [-0.4, -0.2) is 11.0 Å². The van der Waals surface area contributed by atoms with Crippen molar-refractivity contribution >= 4 is 15.9 Å². The van der Waals surface area contributed by atoms with Crippen molar-refractivity contribution in [3.05, 3.63) is 63.9 Å². The third kappa shape index (κ3) is 4.13. The van der Waals surface area contributed by atoms with Gasteiger partial charge in [0.05, 0.1) is 0 Å². The van der Waals surface area contributed by atoms with Gasteiger partial charge in [0.25, 0.3) is 0 Å². The first kappa shape index (κ1) is 14.2. The molecule has 0 bridgehead atoms. The molecule has 100 valence electrons. The molecule has 0 saturated heterocycles. The molecule has 19 heavy (non-hydrogen) atoms. The third-order valence-electron chi connectivity index (χ3n) is 3.21. The number of nitrogens with two attached hydrogens (primary N) is 1. The number of hydrazine groups is 1. The number of hydrogen-bond acceptors (Lipinski definition) is 3. The average Bonchev–Trinajstić information content (AvgIpc) is 2.43. The van der Waals surface area contributed by atoms with E-state index in [4.69, 9.17) is 5.84 Å². The fourth-order valence-corrected chi connectivity index (χ4v) is 2.31. The molecule has 4 heteroatoms. The molecule has 0 aliphatic carbocycles. The van der Waals surface area contributed by atoms with Crippen molar-refractivity contribution in [2.24, 2.45) is 5.84 Å². The Labute approximate surface area is 122 Å². The summed E-state index contributed by atoms with van der Waals surface area (Å²) in [7, 11) is 0. The van der Waals surface area contributed by atoms with Gasteiger partial charge >= 0.3 is 0 Å². The molecule has 1 aromatic carbocycles. The molecule has 0 fully saturated rings. The molecule has 3 nitrogen and oxygen atoms in total. The predicted molar refractivity (Wildman–Crippen MR) is 81.6 cm³/mol. The highest BCUT2D eigenvalue weighted by Crippen LogP contribution is 2.13. The van der Waals surface area contributed by atoms with Crippen LogP contribution in [0.15, 0.2) is 47.1 Å². The number of nitrogens with one attached hydrogen (secondary N) is 1. The van der Waals surface area contributed by atoms with Gasteiger partial charge in [0.1, 0.15) is 0 Å². The Bertz CT molecular complexity index is 525. The largest absolute Gasteiger partial charge is 0.271 e. The van der Waals surface area contributed by atoms with E-state index in [1.54, 1.807) is 0 Å².